The maximum absolute atomic E-state index is 4.06. The third-order valence-electron chi connectivity index (χ3n) is 12.7. The Morgan fingerprint density at radius 1 is 0.843 bits per heavy atom. The monoisotopic (exact) mass is 675 g/mol. The van der Waals surface area contributed by atoms with E-state index in [-0.39, 0.29) is 0 Å². The van der Waals surface area contributed by atoms with Crippen molar-refractivity contribution in [2.24, 2.45) is 17.8 Å². The Hall–Kier alpha value is -3.64. The lowest BCUT2D eigenvalue weighted by molar-refractivity contribution is 0.195. The fourth-order valence-electron chi connectivity index (χ4n) is 9.64. The number of rotatable bonds is 12. The lowest BCUT2D eigenvalue weighted by Crippen LogP contribution is -2.42. The van der Waals surface area contributed by atoms with Crippen LogP contribution in [0.1, 0.15) is 127 Å². The summed E-state index contributed by atoms with van der Waals surface area (Å²) in [4.78, 5) is 0. The second kappa shape index (κ2) is 17.7. The number of benzene rings is 2. The van der Waals surface area contributed by atoms with Gasteiger partial charge in [0.15, 0.2) is 0 Å². The van der Waals surface area contributed by atoms with Crippen molar-refractivity contribution in [1.82, 2.24) is 5.32 Å². The molecule has 7 rings (SSSR count). The largest absolute Gasteiger partial charge is 0.306 e. The van der Waals surface area contributed by atoms with E-state index in [4.69, 9.17) is 0 Å². The van der Waals surface area contributed by atoms with Crippen LogP contribution in [-0.2, 0) is 0 Å². The molecule has 1 nitrogen and oxygen atoms in total. The Kier molecular flexibility index (Phi) is 12.4. The van der Waals surface area contributed by atoms with Crippen LogP contribution in [0.4, 0.5) is 0 Å². The first-order valence-electron chi connectivity index (χ1n) is 20.6. The van der Waals surface area contributed by atoms with Crippen LogP contribution in [0.2, 0.25) is 0 Å². The van der Waals surface area contributed by atoms with E-state index in [2.05, 4.69) is 128 Å². The number of nitrogens with one attached hydrogen (secondary N) is 1. The maximum atomic E-state index is 4.06. The molecule has 0 heterocycles. The third kappa shape index (κ3) is 8.88. The fourth-order valence-corrected chi connectivity index (χ4v) is 9.64. The normalized spacial score (nSPS) is 26.5. The first-order valence-corrected chi connectivity index (χ1v) is 20.6. The second-order valence-corrected chi connectivity index (χ2v) is 16.0. The molecule has 1 heteroatoms. The molecule has 0 aromatic heterocycles. The van der Waals surface area contributed by atoms with Gasteiger partial charge in [0.2, 0.25) is 0 Å². The van der Waals surface area contributed by atoms with Crippen molar-refractivity contribution < 1.29 is 0 Å². The van der Waals surface area contributed by atoms with E-state index in [0.717, 1.165) is 44.1 Å². The van der Waals surface area contributed by atoms with Crippen molar-refractivity contribution in [3.63, 3.8) is 0 Å². The summed E-state index contributed by atoms with van der Waals surface area (Å²) in [6.07, 6.45) is 40.4. The van der Waals surface area contributed by atoms with E-state index in [9.17, 15) is 0 Å². The van der Waals surface area contributed by atoms with Crippen LogP contribution in [0.25, 0.3) is 16.7 Å². The molecule has 2 aromatic rings. The van der Waals surface area contributed by atoms with Gasteiger partial charge in [-0.15, -0.1) is 5.73 Å². The Bertz CT molecular complexity index is 1850. The molecule has 0 saturated heterocycles. The molecule has 51 heavy (non-hydrogen) atoms. The van der Waals surface area contributed by atoms with E-state index in [1.807, 2.05) is 0 Å². The van der Waals surface area contributed by atoms with E-state index >= 15 is 0 Å². The first-order chi connectivity index (χ1) is 25.2. The van der Waals surface area contributed by atoms with Crippen LogP contribution < -0.4 is 15.8 Å². The highest BCUT2D eigenvalue weighted by atomic mass is 14.9. The van der Waals surface area contributed by atoms with Crippen LogP contribution in [0.3, 0.4) is 0 Å². The smallest absolute Gasteiger partial charge is 0.0284 e. The van der Waals surface area contributed by atoms with Crippen LogP contribution in [0.5, 0.6) is 0 Å². The summed E-state index contributed by atoms with van der Waals surface area (Å²) < 4.78 is 0. The third-order valence-corrected chi connectivity index (χ3v) is 12.7. The average molecular weight is 676 g/mol. The minimum Gasteiger partial charge on any atom is -0.306 e. The molecule has 2 aromatic carbocycles. The van der Waals surface area contributed by atoms with Gasteiger partial charge in [0.25, 0.3) is 0 Å². The Morgan fingerprint density at radius 3 is 2.55 bits per heavy atom. The molecule has 0 amide bonds. The zero-order valence-electron chi connectivity index (χ0n) is 31.5. The van der Waals surface area contributed by atoms with Crippen LogP contribution in [0.15, 0.2) is 120 Å². The van der Waals surface area contributed by atoms with E-state index in [1.54, 1.807) is 5.57 Å². The summed E-state index contributed by atoms with van der Waals surface area (Å²) >= 11 is 0. The first kappa shape index (κ1) is 35.7. The Labute approximate surface area is 309 Å². The number of fused-ring (bicyclic) bond motifs is 2. The highest BCUT2D eigenvalue weighted by molar-refractivity contribution is 5.73. The van der Waals surface area contributed by atoms with Crippen LogP contribution in [0, 0.1) is 17.8 Å². The quantitative estimate of drug-likeness (QED) is 0.102. The topological polar surface area (TPSA) is 12.0 Å². The maximum Gasteiger partial charge on any atom is 0.0284 e. The van der Waals surface area contributed by atoms with Gasteiger partial charge in [0.1, 0.15) is 0 Å². The van der Waals surface area contributed by atoms with Gasteiger partial charge in [-0.05, 0) is 145 Å². The zero-order valence-corrected chi connectivity index (χ0v) is 31.5. The molecule has 5 aliphatic rings. The van der Waals surface area contributed by atoms with Gasteiger partial charge in [-0.3, -0.25) is 0 Å². The molecule has 0 spiro atoms. The van der Waals surface area contributed by atoms with Crippen LogP contribution in [-0.4, -0.2) is 12.6 Å². The van der Waals surface area contributed by atoms with Crippen molar-refractivity contribution in [3.8, 4) is 0 Å². The van der Waals surface area contributed by atoms with Gasteiger partial charge < -0.3 is 5.32 Å². The van der Waals surface area contributed by atoms with E-state index in [1.165, 1.54) is 114 Å². The highest BCUT2D eigenvalue weighted by Gasteiger charge is 2.32. The fraction of sp³-hybridized carbons (Fsp3) is 0.460. The van der Waals surface area contributed by atoms with Crippen molar-refractivity contribution >= 4 is 16.7 Å². The predicted molar refractivity (Wildman–Crippen MR) is 220 cm³/mol. The van der Waals surface area contributed by atoms with Crippen LogP contribution >= 0.6 is 0 Å². The average Bonchev–Trinajstić information content (AvgIpc) is 3.43. The standard InChI is InChI=1S/C50H61N/c1-3-4-6-15-38-16-13-20-43(29-27-38)46-35-34-45(48-23-11-12-24-49(46)48)37(2)26-28-44(36-51-50-25-14-21-42-19-9-10-22-47(42)50)41-32-30-40(31-33-41)39-17-7-5-8-18-39/h5,7,11-14,16,23-26,28-33,39,42-43,47,50-51H,3-4,6,8-10,15,17-22,34-36H2,1-2H3/b37-26+,44-28+. The summed E-state index contributed by atoms with van der Waals surface area (Å²) in [5.41, 5.74) is 13.8. The van der Waals surface area contributed by atoms with Crippen molar-refractivity contribution in [3.05, 3.63) is 142 Å². The van der Waals surface area contributed by atoms with Crippen molar-refractivity contribution in [1.29, 1.82) is 0 Å². The minimum absolute atomic E-state index is 0.430. The molecule has 5 aliphatic carbocycles. The molecule has 1 saturated carbocycles. The Balaban J connectivity index is 1.18. The van der Waals surface area contributed by atoms with Crippen molar-refractivity contribution in [2.75, 3.05) is 6.54 Å². The molecular formula is C50H61N. The number of allylic oxidation sites excluding steroid dienone is 9. The molecule has 1 N–H and O–H groups in total. The van der Waals surface area contributed by atoms with Gasteiger partial charge in [-0.25, -0.2) is 0 Å². The molecule has 5 atom stereocenters. The predicted octanol–water partition coefficient (Wildman–Crippen LogP) is 11.6. The van der Waals surface area contributed by atoms with Gasteiger partial charge in [0, 0.05) is 18.5 Å². The van der Waals surface area contributed by atoms with Gasteiger partial charge in [-0.2, -0.15) is 0 Å². The van der Waals surface area contributed by atoms with Crippen molar-refractivity contribution in [2.45, 2.75) is 122 Å². The summed E-state index contributed by atoms with van der Waals surface area (Å²) in [5, 5.41) is 6.93. The summed E-state index contributed by atoms with van der Waals surface area (Å²) in [7, 11) is 0. The van der Waals surface area contributed by atoms with E-state index < -0.39 is 0 Å². The molecule has 0 bridgehead atoms. The molecule has 5 unspecified atom stereocenters. The lowest BCUT2D eigenvalue weighted by Gasteiger charge is -2.39. The number of hydrogen-bond donors (Lipinski definition) is 1. The minimum atomic E-state index is 0.430. The summed E-state index contributed by atoms with van der Waals surface area (Å²) in [6, 6.07) is 19.3. The molecule has 266 valence electrons. The van der Waals surface area contributed by atoms with Gasteiger partial charge in [-0.1, -0.05) is 135 Å². The molecule has 0 radical (unpaired) electrons. The molecular weight excluding hydrogens is 615 g/mol. The highest BCUT2D eigenvalue weighted by Crippen LogP contribution is 2.38. The lowest BCUT2D eigenvalue weighted by atomic mass is 9.71. The number of hydrogen-bond acceptors (Lipinski definition) is 1. The molecule has 0 aliphatic heterocycles. The number of unbranched alkanes of at least 4 members (excludes halogenated alkanes) is 2. The second-order valence-electron chi connectivity index (χ2n) is 16.0. The zero-order chi connectivity index (χ0) is 34.8. The van der Waals surface area contributed by atoms with E-state index in [0.29, 0.717) is 17.9 Å². The SMILES string of the molecule is CCCCCC1=C=CC(C2=c3ccccc3=C(/C(C)=C/C=C(\CNC3C=CCC4CCCCC43)c3ccc(C4CC=CCC4)cc3)CC2)CC=C1. The van der Waals surface area contributed by atoms with Gasteiger partial charge in [0.05, 0.1) is 0 Å². The molecule has 1 fully saturated rings. The van der Waals surface area contributed by atoms with Gasteiger partial charge >= 0.3 is 0 Å². The summed E-state index contributed by atoms with van der Waals surface area (Å²) in [6.45, 7) is 5.52. The Morgan fingerprint density at radius 2 is 1.71 bits per heavy atom. The summed E-state index contributed by atoms with van der Waals surface area (Å²) in [5.74, 6) is 2.73.